The molecule has 0 unspecified atom stereocenters. The van der Waals surface area contributed by atoms with Gasteiger partial charge in [-0.15, -0.1) is 10.2 Å². The van der Waals surface area contributed by atoms with Gasteiger partial charge in [0.05, 0.1) is 29.1 Å². The van der Waals surface area contributed by atoms with Crippen LogP contribution < -0.4 is 14.8 Å². The Morgan fingerprint density at radius 1 is 1.16 bits per heavy atom. The van der Waals surface area contributed by atoms with Crippen molar-refractivity contribution in [2.24, 2.45) is 7.05 Å². The molecule has 0 aliphatic carbocycles. The molecule has 1 heterocycles. The third-order valence-electron chi connectivity index (χ3n) is 4.17. The number of methoxy groups -OCH3 is 1. The number of carboxylic acid groups (broad SMARTS) is 1. The van der Waals surface area contributed by atoms with Crippen LogP contribution in [0.25, 0.3) is 0 Å². The second-order valence-electron chi connectivity index (χ2n) is 6.26. The molecule has 0 radical (unpaired) electrons. The average Bonchev–Trinajstić information content (AvgIpc) is 3.12. The molecule has 2 aromatic carbocycles. The van der Waals surface area contributed by atoms with Gasteiger partial charge in [0.25, 0.3) is 0 Å². The second-order valence-corrected chi connectivity index (χ2v) is 7.61. The predicted molar refractivity (Wildman–Crippen MR) is 116 cm³/mol. The van der Waals surface area contributed by atoms with Gasteiger partial charge in [0.2, 0.25) is 5.91 Å². The van der Waals surface area contributed by atoms with Crippen molar-refractivity contribution in [2.75, 3.05) is 18.2 Å². The molecule has 162 valence electrons. The van der Waals surface area contributed by atoms with Gasteiger partial charge in [0.15, 0.2) is 11.0 Å². The number of ether oxygens (including phenoxy) is 2. The molecule has 31 heavy (non-hydrogen) atoms. The number of carboxylic acids is 1. The normalized spacial score (nSPS) is 10.5. The van der Waals surface area contributed by atoms with Gasteiger partial charge in [-0.3, -0.25) is 4.79 Å². The topological polar surface area (TPSA) is 116 Å². The maximum atomic E-state index is 12.3. The van der Waals surface area contributed by atoms with Crippen LogP contribution in [0.1, 0.15) is 16.2 Å². The molecule has 2 N–H and O–H groups in total. The van der Waals surface area contributed by atoms with Crippen molar-refractivity contribution >= 4 is 40.9 Å². The number of aromatic carboxylic acids is 1. The molecule has 0 aliphatic heterocycles. The van der Waals surface area contributed by atoms with Gasteiger partial charge in [-0.05, 0) is 42.5 Å². The molecule has 0 atom stereocenters. The van der Waals surface area contributed by atoms with E-state index < -0.39 is 5.97 Å². The Balaban J connectivity index is 1.55. The summed E-state index contributed by atoms with van der Waals surface area (Å²) in [7, 11) is 3.37. The zero-order valence-electron chi connectivity index (χ0n) is 16.7. The minimum absolute atomic E-state index is 0.0298. The van der Waals surface area contributed by atoms with E-state index in [1.165, 1.54) is 30.0 Å². The summed E-state index contributed by atoms with van der Waals surface area (Å²) in [6, 6.07) is 11.3. The van der Waals surface area contributed by atoms with Crippen LogP contribution >= 0.6 is 23.4 Å². The number of carbonyl (C=O) groups excluding carboxylic acids is 1. The molecule has 0 saturated heterocycles. The van der Waals surface area contributed by atoms with E-state index in [1.54, 1.807) is 43.0 Å². The summed E-state index contributed by atoms with van der Waals surface area (Å²) < 4.78 is 12.5. The van der Waals surface area contributed by atoms with Gasteiger partial charge >= 0.3 is 5.97 Å². The number of aromatic nitrogens is 3. The highest BCUT2D eigenvalue weighted by atomic mass is 35.5. The van der Waals surface area contributed by atoms with Crippen molar-refractivity contribution in [3.05, 3.63) is 58.9 Å². The standard InChI is InChI=1S/C20H19ClN4O5S/c1-25-17(10-30-14-6-4-13(29-2)5-7-14)23-24-20(25)31-11-18(26)22-16-9-12(19(27)28)3-8-15(16)21/h3-9H,10-11H2,1-2H3,(H,22,26)(H,27,28). The van der Waals surface area contributed by atoms with E-state index in [0.29, 0.717) is 16.7 Å². The maximum absolute atomic E-state index is 12.3. The Bertz CT molecular complexity index is 1090. The van der Waals surface area contributed by atoms with Gasteiger partial charge in [-0.1, -0.05) is 23.4 Å². The molecule has 0 spiro atoms. The molecule has 9 nitrogen and oxygen atoms in total. The number of anilines is 1. The predicted octanol–water partition coefficient (Wildman–Crippen LogP) is 3.49. The Kier molecular flexibility index (Phi) is 7.37. The summed E-state index contributed by atoms with van der Waals surface area (Å²) in [6.07, 6.45) is 0. The Morgan fingerprint density at radius 2 is 1.87 bits per heavy atom. The number of nitrogens with zero attached hydrogens (tertiary/aromatic N) is 3. The number of hydrogen-bond acceptors (Lipinski definition) is 7. The van der Waals surface area contributed by atoms with Crippen LogP contribution in [0.5, 0.6) is 11.5 Å². The summed E-state index contributed by atoms with van der Waals surface area (Å²) >= 11 is 7.22. The highest BCUT2D eigenvalue weighted by Crippen LogP contribution is 2.24. The van der Waals surface area contributed by atoms with Crippen molar-refractivity contribution in [3.8, 4) is 11.5 Å². The van der Waals surface area contributed by atoms with E-state index in [2.05, 4.69) is 15.5 Å². The van der Waals surface area contributed by atoms with E-state index in [9.17, 15) is 9.59 Å². The van der Waals surface area contributed by atoms with Gasteiger partial charge in [-0.2, -0.15) is 0 Å². The number of amides is 1. The van der Waals surface area contributed by atoms with Crippen molar-refractivity contribution in [1.82, 2.24) is 14.8 Å². The van der Waals surface area contributed by atoms with E-state index in [-0.39, 0.29) is 34.5 Å². The number of halogens is 1. The Morgan fingerprint density at radius 3 is 2.55 bits per heavy atom. The maximum Gasteiger partial charge on any atom is 0.335 e. The highest BCUT2D eigenvalue weighted by molar-refractivity contribution is 7.99. The zero-order valence-corrected chi connectivity index (χ0v) is 18.2. The van der Waals surface area contributed by atoms with E-state index in [1.807, 2.05) is 0 Å². The summed E-state index contributed by atoms with van der Waals surface area (Å²) in [6.45, 7) is 0.209. The summed E-state index contributed by atoms with van der Waals surface area (Å²) in [5.41, 5.74) is 0.265. The van der Waals surface area contributed by atoms with Gasteiger partial charge in [0.1, 0.15) is 18.1 Å². The minimum Gasteiger partial charge on any atom is -0.497 e. The molecule has 3 rings (SSSR count). The lowest BCUT2D eigenvalue weighted by molar-refractivity contribution is -0.113. The molecule has 0 saturated carbocycles. The monoisotopic (exact) mass is 462 g/mol. The molecule has 0 bridgehead atoms. The van der Waals surface area contributed by atoms with Crippen LogP contribution in [0, 0.1) is 0 Å². The fourth-order valence-electron chi connectivity index (χ4n) is 2.49. The smallest absolute Gasteiger partial charge is 0.335 e. The third kappa shape index (κ3) is 5.89. The van der Waals surface area contributed by atoms with Crippen molar-refractivity contribution in [1.29, 1.82) is 0 Å². The summed E-state index contributed by atoms with van der Waals surface area (Å²) in [5.74, 6) is 0.574. The second kappa shape index (κ2) is 10.2. The lowest BCUT2D eigenvalue weighted by atomic mass is 10.2. The number of rotatable bonds is 9. The average molecular weight is 463 g/mol. The van der Waals surface area contributed by atoms with Crippen molar-refractivity contribution in [3.63, 3.8) is 0 Å². The van der Waals surface area contributed by atoms with Crippen LogP contribution in [0.3, 0.4) is 0 Å². The van der Waals surface area contributed by atoms with Crippen molar-refractivity contribution in [2.45, 2.75) is 11.8 Å². The number of carbonyl (C=O) groups is 2. The SMILES string of the molecule is COc1ccc(OCc2nnc(SCC(=O)Nc3cc(C(=O)O)ccc3Cl)n2C)cc1. The molecule has 3 aromatic rings. The third-order valence-corrected chi connectivity index (χ3v) is 5.52. The zero-order chi connectivity index (χ0) is 22.4. The first kappa shape index (κ1) is 22.4. The first-order valence-electron chi connectivity index (χ1n) is 8.98. The fraction of sp³-hybridized carbons (Fsp3) is 0.200. The first-order valence-corrected chi connectivity index (χ1v) is 10.3. The van der Waals surface area contributed by atoms with Crippen LogP contribution in [-0.4, -0.2) is 44.6 Å². The van der Waals surface area contributed by atoms with Gasteiger partial charge in [0, 0.05) is 7.05 Å². The molecule has 11 heteroatoms. The molecular weight excluding hydrogens is 444 g/mol. The summed E-state index contributed by atoms with van der Waals surface area (Å²) in [4.78, 5) is 23.3. The van der Waals surface area contributed by atoms with Crippen molar-refractivity contribution < 1.29 is 24.2 Å². The lowest BCUT2D eigenvalue weighted by Gasteiger charge is -2.09. The highest BCUT2D eigenvalue weighted by Gasteiger charge is 2.14. The van der Waals surface area contributed by atoms with Crippen LogP contribution in [0.2, 0.25) is 5.02 Å². The van der Waals surface area contributed by atoms with Crippen LogP contribution in [-0.2, 0) is 18.4 Å². The van der Waals surface area contributed by atoms with Crippen LogP contribution in [0.4, 0.5) is 5.69 Å². The fourth-order valence-corrected chi connectivity index (χ4v) is 3.38. The largest absolute Gasteiger partial charge is 0.497 e. The number of benzene rings is 2. The number of thioether (sulfide) groups is 1. The van der Waals surface area contributed by atoms with E-state index >= 15 is 0 Å². The Hall–Kier alpha value is -3.24. The molecule has 0 fully saturated rings. The lowest BCUT2D eigenvalue weighted by Crippen LogP contribution is -2.15. The Labute approximate surface area is 187 Å². The van der Waals surface area contributed by atoms with Crippen LogP contribution in [0.15, 0.2) is 47.6 Å². The number of nitrogens with one attached hydrogen (secondary N) is 1. The molecule has 1 aromatic heterocycles. The van der Waals surface area contributed by atoms with E-state index in [0.717, 1.165) is 5.75 Å². The number of hydrogen-bond donors (Lipinski definition) is 2. The van der Waals surface area contributed by atoms with Gasteiger partial charge in [-0.25, -0.2) is 4.79 Å². The van der Waals surface area contributed by atoms with E-state index in [4.69, 9.17) is 26.2 Å². The summed E-state index contributed by atoms with van der Waals surface area (Å²) in [5, 5.41) is 20.6. The van der Waals surface area contributed by atoms with Gasteiger partial charge < -0.3 is 24.5 Å². The molecule has 0 aliphatic rings. The first-order chi connectivity index (χ1) is 14.9. The quantitative estimate of drug-likeness (QED) is 0.464. The molecule has 1 amide bonds. The minimum atomic E-state index is -1.11. The molecular formula is C20H19ClN4O5S.